The van der Waals surface area contributed by atoms with Crippen molar-refractivity contribution in [3.8, 4) is 0 Å². The number of rotatable bonds is 1. The van der Waals surface area contributed by atoms with Gasteiger partial charge in [0.1, 0.15) is 0 Å². The molecular formula is C12H18N2OS2. The summed E-state index contributed by atoms with van der Waals surface area (Å²) < 4.78 is 0. The lowest BCUT2D eigenvalue weighted by Gasteiger charge is -2.37. The Bertz CT molecular complexity index is 411. The number of hydrogen-bond donors (Lipinski definition) is 1. The van der Waals surface area contributed by atoms with Crippen molar-refractivity contribution >= 4 is 34.7 Å². The summed E-state index contributed by atoms with van der Waals surface area (Å²) in [5, 5.41) is 0.506. The summed E-state index contributed by atoms with van der Waals surface area (Å²) in [5.74, 6) is 1.16. The molecule has 2 unspecified atom stereocenters. The predicted octanol–water partition coefficient (Wildman–Crippen LogP) is 2.60. The van der Waals surface area contributed by atoms with Crippen LogP contribution in [0.1, 0.15) is 28.4 Å². The molecule has 1 aromatic rings. The van der Waals surface area contributed by atoms with Crippen molar-refractivity contribution in [1.29, 1.82) is 0 Å². The van der Waals surface area contributed by atoms with Crippen molar-refractivity contribution in [3.63, 3.8) is 0 Å². The lowest BCUT2D eigenvalue weighted by molar-refractivity contribution is 0.0703. The van der Waals surface area contributed by atoms with Crippen molar-refractivity contribution in [1.82, 2.24) is 4.90 Å². The fraction of sp³-hybridized carbons (Fsp3) is 0.583. The molecule has 0 aromatic carbocycles. The molecule has 1 amide bonds. The summed E-state index contributed by atoms with van der Waals surface area (Å²) in [6.45, 7) is 7.10. The quantitative estimate of drug-likeness (QED) is 0.853. The molecule has 0 aliphatic carbocycles. The number of nitrogens with two attached hydrogens (primary N) is 1. The van der Waals surface area contributed by atoms with Gasteiger partial charge in [-0.15, -0.1) is 11.3 Å². The summed E-state index contributed by atoms with van der Waals surface area (Å²) in [6, 6.07) is 2.10. The second kappa shape index (κ2) is 4.90. The van der Waals surface area contributed by atoms with Crippen LogP contribution in [-0.4, -0.2) is 34.4 Å². The van der Waals surface area contributed by atoms with Gasteiger partial charge in [0, 0.05) is 34.2 Å². The van der Waals surface area contributed by atoms with Crippen molar-refractivity contribution in [2.45, 2.75) is 32.1 Å². The van der Waals surface area contributed by atoms with Gasteiger partial charge in [0.05, 0.1) is 4.88 Å². The van der Waals surface area contributed by atoms with Gasteiger partial charge in [-0.2, -0.15) is 11.8 Å². The molecule has 0 saturated carbocycles. The lowest BCUT2D eigenvalue weighted by Crippen LogP contribution is -2.47. The molecule has 0 spiro atoms. The van der Waals surface area contributed by atoms with E-state index in [2.05, 4.69) is 13.8 Å². The molecule has 1 aliphatic heterocycles. The largest absolute Gasteiger partial charge is 0.398 e. The zero-order valence-electron chi connectivity index (χ0n) is 10.4. The minimum absolute atomic E-state index is 0.134. The molecule has 0 radical (unpaired) electrons. The number of thiophene rings is 1. The second-order valence-corrected chi connectivity index (χ2v) is 7.18. The SMILES string of the molecule is Cc1sc(C(=O)N2CCSC(C)C2C)cc1N. The van der Waals surface area contributed by atoms with Crippen LogP contribution >= 0.6 is 23.1 Å². The summed E-state index contributed by atoms with van der Waals surface area (Å²) in [4.78, 5) is 16.2. The Hall–Kier alpha value is -0.680. The molecule has 1 fully saturated rings. The lowest BCUT2D eigenvalue weighted by atomic mass is 10.2. The van der Waals surface area contributed by atoms with Crippen LogP contribution in [-0.2, 0) is 0 Å². The molecule has 2 N–H and O–H groups in total. The Morgan fingerprint density at radius 2 is 2.24 bits per heavy atom. The number of hydrogen-bond acceptors (Lipinski definition) is 4. The number of carbonyl (C=O) groups excluding carboxylic acids is 1. The van der Waals surface area contributed by atoms with Gasteiger partial charge in [-0.25, -0.2) is 0 Å². The highest BCUT2D eigenvalue weighted by molar-refractivity contribution is 8.00. The van der Waals surface area contributed by atoms with E-state index in [0.717, 1.165) is 27.7 Å². The Balaban J connectivity index is 2.19. The van der Waals surface area contributed by atoms with Gasteiger partial charge in [-0.05, 0) is 19.9 Å². The number of nitrogen functional groups attached to an aromatic ring is 1. The van der Waals surface area contributed by atoms with Crippen molar-refractivity contribution in [2.75, 3.05) is 18.0 Å². The molecule has 17 heavy (non-hydrogen) atoms. The van der Waals surface area contributed by atoms with Crippen LogP contribution in [0.25, 0.3) is 0 Å². The number of aryl methyl sites for hydroxylation is 1. The second-order valence-electron chi connectivity index (χ2n) is 4.44. The van der Waals surface area contributed by atoms with Gasteiger partial charge in [0.15, 0.2) is 0 Å². The Kier molecular flexibility index (Phi) is 3.68. The van der Waals surface area contributed by atoms with E-state index in [9.17, 15) is 4.79 Å². The zero-order chi connectivity index (χ0) is 12.6. The molecule has 3 nitrogen and oxygen atoms in total. The molecule has 1 aliphatic rings. The molecule has 2 rings (SSSR count). The number of amides is 1. The highest BCUT2D eigenvalue weighted by Gasteiger charge is 2.30. The van der Waals surface area contributed by atoms with E-state index < -0.39 is 0 Å². The molecule has 1 aromatic heterocycles. The van der Waals surface area contributed by atoms with E-state index in [4.69, 9.17) is 5.73 Å². The molecule has 0 bridgehead atoms. The standard InChI is InChI=1S/C12H18N2OS2/c1-7-8(2)16-5-4-14(7)12(15)11-6-10(13)9(3)17-11/h6-8H,4-5,13H2,1-3H3. The van der Waals surface area contributed by atoms with E-state index in [1.54, 1.807) is 0 Å². The van der Waals surface area contributed by atoms with Crippen LogP contribution in [0.5, 0.6) is 0 Å². The zero-order valence-corrected chi connectivity index (χ0v) is 12.0. The maximum Gasteiger partial charge on any atom is 0.264 e. The van der Waals surface area contributed by atoms with Crippen LogP contribution in [0, 0.1) is 6.92 Å². The number of thioether (sulfide) groups is 1. The van der Waals surface area contributed by atoms with Gasteiger partial charge in [0.25, 0.3) is 5.91 Å². The summed E-state index contributed by atoms with van der Waals surface area (Å²) in [6.07, 6.45) is 0. The van der Waals surface area contributed by atoms with Crippen LogP contribution in [0.3, 0.4) is 0 Å². The van der Waals surface area contributed by atoms with Gasteiger partial charge in [0.2, 0.25) is 0 Å². The molecule has 5 heteroatoms. The first-order valence-electron chi connectivity index (χ1n) is 5.79. The minimum atomic E-state index is 0.134. The summed E-state index contributed by atoms with van der Waals surface area (Å²) in [7, 11) is 0. The Morgan fingerprint density at radius 3 is 2.82 bits per heavy atom. The highest BCUT2D eigenvalue weighted by Crippen LogP contribution is 2.29. The first kappa shape index (κ1) is 12.8. The molecule has 2 atom stereocenters. The predicted molar refractivity (Wildman–Crippen MR) is 75.9 cm³/mol. The van der Waals surface area contributed by atoms with Crippen LogP contribution < -0.4 is 5.73 Å². The third-order valence-electron chi connectivity index (χ3n) is 3.31. The first-order valence-corrected chi connectivity index (χ1v) is 7.65. The molecule has 1 saturated heterocycles. The maximum atomic E-state index is 12.4. The van der Waals surface area contributed by atoms with E-state index in [1.807, 2.05) is 29.7 Å². The van der Waals surface area contributed by atoms with E-state index in [0.29, 0.717) is 11.3 Å². The van der Waals surface area contributed by atoms with E-state index in [-0.39, 0.29) is 5.91 Å². The van der Waals surface area contributed by atoms with Crippen molar-refractivity contribution in [2.24, 2.45) is 0 Å². The number of nitrogens with zero attached hydrogens (tertiary/aromatic N) is 1. The molecule has 94 valence electrons. The van der Waals surface area contributed by atoms with Crippen LogP contribution in [0.15, 0.2) is 6.07 Å². The number of anilines is 1. The van der Waals surface area contributed by atoms with Crippen LogP contribution in [0.4, 0.5) is 5.69 Å². The monoisotopic (exact) mass is 270 g/mol. The summed E-state index contributed by atoms with van der Waals surface area (Å²) in [5.41, 5.74) is 6.53. The number of carbonyl (C=O) groups is 1. The Morgan fingerprint density at radius 1 is 1.53 bits per heavy atom. The maximum absolute atomic E-state index is 12.4. The average molecular weight is 270 g/mol. The highest BCUT2D eigenvalue weighted by atomic mass is 32.2. The third kappa shape index (κ3) is 2.45. The van der Waals surface area contributed by atoms with Crippen molar-refractivity contribution in [3.05, 3.63) is 15.8 Å². The fourth-order valence-electron chi connectivity index (χ4n) is 1.96. The van der Waals surface area contributed by atoms with Crippen molar-refractivity contribution < 1.29 is 4.79 Å². The third-order valence-corrected chi connectivity index (χ3v) is 5.70. The summed E-state index contributed by atoms with van der Waals surface area (Å²) >= 11 is 3.43. The van der Waals surface area contributed by atoms with Gasteiger partial charge in [-0.3, -0.25) is 4.79 Å². The van der Waals surface area contributed by atoms with Gasteiger partial charge >= 0.3 is 0 Å². The fourth-order valence-corrected chi connectivity index (χ4v) is 3.96. The Labute approximate surface area is 110 Å². The van der Waals surface area contributed by atoms with Crippen LogP contribution in [0.2, 0.25) is 0 Å². The van der Waals surface area contributed by atoms with Gasteiger partial charge < -0.3 is 10.6 Å². The average Bonchev–Trinajstić information content (AvgIpc) is 2.62. The minimum Gasteiger partial charge on any atom is -0.398 e. The molecule has 2 heterocycles. The van der Waals surface area contributed by atoms with E-state index >= 15 is 0 Å². The molecular weight excluding hydrogens is 252 g/mol. The topological polar surface area (TPSA) is 46.3 Å². The smallest absolute Gasteiger partial charge is 0.264 e. The van der Waals surface area contributed by atoms with Gasteiger partial charge in [-0.1, -0.05) is 6.92 Å². The first-order chi connectivity index (χ1) is 8.00. The normalized spacial score (nSPS) is 25.0. The van der Waals surface area contributed by atoms with E-state index in [1.165, 1.54) is 11.3 Å².